The second kappa shape index (κ2) is 6.79. The van der Waals surface area contributed by atoms with Crippen molar-refractivity contribution in [1.82, 2.24) is 10.2 Å². The van der Waals surface area contributed by atoms with E-state index in [9.17, 15) is 0 Å². The second-order valence-electron chi connectivity index (χ2n) is 4.39. The Morgan fingerprint density at radius 3 is 3.18 bits per heavy atom. The first kappa shape index (κ1) is 12.6. The van der Waals surface area contributed by atoms with Crippen molar-refractivity contribution in [2.24, 2.45) is 0 Å². The third kappa shape index (κ3) is 3.84. The maximum absolute atomic E-state index is 5.52. The average molecular weight is 238 g/mol. The molecule has 0 unspecified atom stereocenters. The van der Waals surface area contributed by atoms with Gasteiger partial charge in [0.2, 0.25) is 0 Å². The molecule has 0 radical (unpaired) electrons. The van der Waals surface area contributed by atoms with Crippen LogP contribution in [0.3, 0.4) is 0 Å². The summed E-state index contributed by atoms with van der Waals surface area (Å²) in [7, 11) is 0. The molecule has 1 N–H and O–H groups in total. The number of ether oxygens (including phenoxy) is 1. The molecule has 0 bridgehead atoms. The van der Waals surface area contributed by atoms with Gasteiger partial charge in [-0.25, -0.2) is 0 Å². The summed E-state index contributed by atoms with van der Waals surface area (Å²) in [5.74, 6) is 1.07. The van der Waals surface area contributed by atoms with Gasteiger partial charge in [-0.15, -0.1) is 0 Å². The van der Waals surface area contributed by atoms with Crippen molar-refractivity contribution < 1.29 is 9.15 Å². The lowest BCUT2D eigenvalue weighted by Crippen LogP contribution is -2.26. The molecule has 0 aliphatic carbocycles. The Morgan fingerprint density at radius 2 is 2.29 bits per heavy atom. The van der Waals surface area contributed by atoms with Crippen LogP contribution in [0.5, 0.6) is 0 Å². The van der Waals surface area contributed by atoms with E-state index in [-0.39, 0.29) is 0 Å². The van der Waals surface area contributed by atoms with Crippen molar-refractivity contribution in [3.8, 4) is 0 Å². The lowest BCUT2D eigenvalue weighted by Gasteiger charge is -2.18. The Bertz CT molecular complexity index is 317. The summed E-state index contributed by atoms with van der Waals surface area (Å²) in [5, 5.41) is 3.30. The van der Waals surface area contributed by atoms with Gasteiger partial charge in [-0.1, -0.05) is 6.92 Å². The minimum atomic E-state index is 0.823. The van der Waals surface area contributed by atoms with E-state index in [0.717, 1.165) is 58.1 Å². The highest BCUT2D eigenvalue weighted by Crippen LogP contribution is 2.14. The molecule has 4 nitrogen and oxygen atoms in total. The molecule has 1 aromatic heterocycles. The summed E-state index contributed by atoms with van der Waals surface area (Å²) < 4.78 is 11.0. The van der Waals surface area contributed by atoms with Gasteiger partial charge in [-0.05, 0) is 19.0 Å². The molecule has 96 valence electrons. The van der Waals surface area contributed by atoms with Gasteiger partial charge in [0.05, 0.1) is 19.4 Å². The fraction of sp³-hybridized carbons (Fsp3) is 0.692. The van der Waals surface area contributed by atoms with Crippen LogP contribution in [0.15, 0.2) is 16.7 Å². The third-order valence-electron chi connectivity index (χ3n) is 3.08. The Morgan fingerprint density at radius 1 is 1.35 bits per heavy atom. The summed E-state index contributed by atoms with van der Waals surface area (Å²) in [5.41, 5.74) is 1.30. The van der Waals surface area contributed by atoms with Gasteiger partial charge >= 0.3 is 0 Å². The van der Waals surface area contributed by atoms with E-state index in [4.69, 9.17) is 9.15 Å². The van der Waals surface area contributed by atoms with Crippen LogP contribution in [0.1, 0.15) is 24.7 Å². The molecule has 1 aliphatic heterocycles. The largest absolute Gasteiger partial charge is 0.468 e. The molecule has 1 aliphatic rings. The van der Waals surface area contributed by atoms with Crippen LogP contribution >= 0.6 is 0 Å². The summed E-state index contributed by atoms with van der Waals surface area (Å²) in [6, 6.07) is 2.08. The molecule has 2 rings (SSSR count). The molecule has 1 fully saturated rings. The summed E-state index contributed by atoms with van der Waals surface area (Å²) in [6.07, 6.45) is 2.91. The number of furan rings is 1. The van der Waals surface area contributed by atoms with Crippen LogP contribution < -0.4 is 5.32 Å². The van der Waals surface area contributed by atoms with E-state index in [1.165, 1.54) is 5.56 Å². The minimum Gasteiger partial charge on any atom is -0.468 e. The highest BCUT2D eigenvalue weighted by atomic mass is 16.5. The van der Waals surface area contributed by atoms with Crippen LogP contribution in [0.2, 0.25) is 0 Å². The molecule has 0 saturated carbocycles. The van der Waals surface area contributed by atoms with Gasteiger partial charge in [-0.2, -0.15) is 0 Å². The zero-order valence-electron chi connectivity index (χ0n) is 10.6. The normalized spacial score (nSPS) is 18.2. The average Bonchev–Trinajstić information content (AvgIpc) is 2.61. The quantitative estimate of drug-likeness (QED) is 0.845. The standard InChI is InChI=1S/C13H22N2O2/c1-2-14-10-13-12(4-8-17-13)11-15-5-3-7-16-9-6-15/h4,8,14H,2-3,5-7,9-11H2,1H3. The zero-order chi connectivity index (χ0) is 11.9. The van der Waals surface area contributed by atoms with Crippen molar-refractivity contribution in [1.29, 1.82) is 0 Å². The summed E-state index contributed by atoms with van der Waals surface area (Å²) in [6.45, 7) is 8.75. The monoisotopic (exact) mass is 238 g/mol. The highest BCUT2D eigenvalue weighted by molar-refractivity contribution is 5.16. The molecule has 1 aromatic rings. The molecule has 4 heteroatoms. The number of hydrogen-bond acceptors (Lipinski definition) is 4. The van der Waals surface area contributed by atoms with E-state index < -0.39 is 0 Å². The lowest BCUT2D eigenvalue weighted by atomic mass is 10.2. The maximum atomic E-state index is 5.52. The van der Waals surface area contributed by atoms with Gasteiger partial charge < -0.3 is 14.5 Å². The van der Waals surface area contributed by atoms with Crippen LogP contribution in [0, 0.1) is 0 Å². The zero-order valence-corrected chi connectivity index (χ0v) is 10.6. The van der Waals surface area contributed by atoms with Crippen LogP contribution in [-0.2, 0) is 17.8 Å². The predicted molar refractivity (Wildman–Crippen MR) is 66.8 cm³/mol. The van der Waals surface area contributed by atoms with Crippen molar-refractivity contribution in [3.63, 3.8) is 0 Å². The van der Waals surface area contributed by atoms with Gasteiger partial charge in [-0.3, -0.25) is 4.90 Å². The third-order valence-corrected chi connectivity index (χ3v) is 3.08. The van der Waals surface area contributed by atoms with E-state index in [2.05, 4.69) is 23.2 Å². The fourth-order valence-corrected chi connectivity index (χ4v) is 2.10. The van der Waals surface area contributed by atoms with E-state index >= 15 is 0 Å². The number of nitrogens with one attached hydrogen (secondary N) is 1. The predicted octanol–water partition coefficient (Wildman–Crippen LogP) is 1.61. The van der Waals surface area contributed by atoms with Crippen LogP contribution in [0.25, 0.3) is 0 Å². The first-order valence-corrected chi connectivity index (χ1v) is 6.46. The molecule has 2 heterocycles. The van der Waals surface area contributed by atoms with Crippen molar-refractivity contribution in [3.05, 3.63) is 23.7 Å². The minimum absolute atomic E-state index is 0.823. The topological polar surface area (TPSA) is 37.6 Å². The molecule has 0 atom stereocenters. The van der Waals surface area contributed by atoms with Crippen molar-refractivity contribution >= 4 is 0 Å². The van der Waals surface area contributed by atoms with Gasteiger partial charge in [0.15, 0.2) is 0 Å². The van der Waals surface area contributed by atoms with Crippen molar-refractivity contribution in [2.45, 2.75) is 26.4 Å². The van der Waals surface area contributed by atoms with Crippen LogP contribution in [-0.4, -0.2) is 37.7 Å². The maximum Gasteiger partial charge on any atom is 0.122 e. The van der Waals surface area contributed by atoms with E-state index in [1.807, 2.05) is 0 Å². The molecule has 0 spiro atoms. The molecule has 0 amide bonds. The number of nitrogens with zero attached hydrogens (tertiary/aromatic N) is 1. The summed E-state index contributed by atoms with van der Waals surface area (Å²) in [4.78, 5) is 2.44. The molecule has 0 aromatic carbocycles. The summed E-state index contributed by atoms with van der Waals surface area (Å²) >= 11 is 0. The molecule has 1 saturated heterocycles. The SMILES string of the molecule is CCNCc1occc1CN1CCCOCC1. The van der Waals surface area contributed by atoms with E-state index in [0.29, 0.717) is 0 Å². The first-order valence-electron chi connectivity index (χ1n) is 6.46. The van der Waals surface area contributed by atoms with Gasteiger partial charge in [0.1, 0.15) is 5.76 Å². The van der Waals surface area contributed by atoms with Crippen LogP contribution in [0.4, 0.5) is 0 Å². The molecule has 17 heavy (non-hydrogen) atoms. The highest BCUT2D eigenvalue weighted by Gasteiger charge is 2.13. The smallest absolute Gasteiger partial charge is 0.122 e. The number of rotatable bonds is 5. The second-order valence-corrected chi connectivity index (χ2v) is 4.39. The fourth-order valence-electron chi connectivity index (χ4n) is 2.10. The van der Waals surface area contributed by atoms with Crippen molar-refractivity contribution in [2.75, 3.05) is 32.8 Å². The first-order chi connectivity index (χ1) is 8.40. The van der Waals surface area contributed by atoms with E-state index in [1.54, 1.807) is 6.26 Å². The Labute approximate surface area is 103 Å². The van der Waals surface area contributed by atoms with Gasteiger partial charge in [0, 0.05) is 31.8 Å². The Hall–Kier alpha value is -0.840. The Balaban J connectivity index is 1.90. The number of hydrogen-bond donors (Lipinski definition) is 1. The molecular weight excluding hydrogens is 216 g/mol. The molecular formula is C13H22N2O2. The lowest BCUT2D eigenvalue weighted by molar-refractivity contribution is 0.140. The van der Waals surface area contributed by atoms with Gasteiger partial charge in [0.25, 0.3) is 0 Å². The Kier molecular flexibility index (Phi) is 5.04.